The van der Waals surface area contributed by atoms with E-state index in [1.165, 1.54) is 12.8 Å². The molecule has 1 saturated heterocycles. The minimum Gasteiger partial charge on any atom is -0.393 e. The summed E-state index contributed by atoms with van der Waals surface area (Å²) in [5, 5.41) is 0. The van der Waals surface area contributed by atoms with Crippen LogP contribution in [0.15, 0.2) is 0 Å². The van der Waals surface area contributed by atoms with Crippen molar-refractivity contribution in [2.24, 2.45) is 23.7 Å². The Bertz CT molecular complexity index is 304. The molecule has 3 rings (SSSR count). The maximum absolute atomic E-state index is 12.0. The van der Waals surface area contributed by atoms with E-state index in [0.717, 1.165) is 38.5 Å². The molecular formula is C14H20O3. The van der Waals surface area contributed by atoms with Crippen LogP contribution in [0.2, 0.25) is 0 Å². The molecule has 4 atom stereocenters. The van der Waals surface area contributed by atoms with Gasteiger partial charge in [0.05, 0.1) is 11.8 Å². The molecule has 0 spiro atoms. The summed E-state index contributed by atoms with van der Waals surface area (Å²) in [6.07, 6.45) is 8.75. The van der Waals surface area contributed by atoms with Gasteiger partial charge in [0.25, 0.3) is 0 Å². The fourth-order valence-corrected chi connectivity index (χ4v) is 4.18. The minimum absolute atomic E-state index is 0.0146. The summed E-state index contributed by atoms with van der Waals surface area (Å²) >= 11 is 0. The fraction of sp³-hybridized carbons (Fsp3) is 0.857. The quantitative estimate of drug-likeness (QED) is 0.480. The highest BCUT2D eigenvalue weighted by Gasteiger charge is 2.47. The Labute approximate surface area is 102 Å². The van der Waals surface area contributed by atoms with Gasteiger partial charge in [-0.2, -0.15) is 0 Å². The largest absolute Gasteiger partial charge is 0.393 e. The Morgan fingerprint density at radius 3 is 1.59 bits per heavy atom. The third-order valence-electron chi connectivity index (χ3n) is 5.00. The zero-order valence-electron chi connectivity index (χ0n) is 10.2. The van der Waals surface area contributed by atoms with Crippen molar-refractivity contribution in [2.45, 2.75) is 51.4 Å². The number of hydrogen-bond acceptors (Lipinski definition) is 3. The lowest BCUT2D eigenvalue weighted by Crippen LogP contribution is -2.34. The van der Waals surface area contributed by atoms with Gasteiger partial charge in [-0.15, -0.1) is 0 Å². The lowest BCUT2D eigenvalue weighted by Gasteiger charge is -2.37. The predicted octanol–water partition coefficient (Wildman–Crippen LogP) is 2.68. The molecule has 4 unspecified atom stereocenters. The maximum atomic E-state index is 12.0. The summed E-state index contributed by atoms with van der Waals surface area (Å²) in [5.41, 5.74) is 0. The van der Waals surface area contributed by atoms with Gasteiger partial charge in [-0.3, -0.25) is 9.59 Å². The number of esters is 2. The average molecular weight is 236 g/mol. The number of rotatable bonds is 0. The van der Waals surface area contributed by atoms with E-state index in [2.05, 4.69) is 0 Å². The van der Waals surface area contributed by atoms with Gasteiger partial charge in [0, 0.05) is 0 Å². The van der Waals surface area contributed by atoms with Crippen LogP contribution in [0.1, 0.15) is 51.4 Å². The topological polar surface area (TPSA) is 43.4 Å². The molecule has 0 aromatic heterocycles. The molecule has 1 heterocycles. The van der Waals surface area contributed by atoms with Crippen molar-refractivity contribution >= 4 is 11.9 Å². The summed E-state index contributed by atoms with van der Waals surface area (Å²) < 4.78 is 5.07. The first kappa shape index (κ1) is 11.2. The maximum Gasteiger partial charge on any atom is 0.316 e. The Balaban J connectivity index is 1.91. The van der Waals surface area contributed by atoms with Crippen LogP contribution >= 0.6 is 0 Å². The molecule has 0 aromatic rings. The Morgan fingerprint density at radius 1 is 0.706 bits per heavy atom. The van der Waals surface area contributed by atoms with Crippen molar-refractivity contribution in [1.82, 2.24) is 0 Å². The first-order chi connectivity index (χ1) is 8.27. The number of carbonyl (C=O) groups is 2. The van der Waals surface area contributed by atoms with Crippen molar-refractivity contribution < 1.29 is 14.3 Å². The molecule has 0 amide bonds. The zero-order valence-corrected chi connectivity index (χ0v) is 10.2. The van der Waals surface area contributed by atoms with Gasteiger partial charge >= 0.3 is 11.9 Å². The minimum atomic E-state index is -0.228. The third kappa shape index (κ3) is 1.90. The lowest BCUT2D eigenvalue weighted by molar-refractivity contribution is -0.164. The summed E-state index contributed by atoms with van der Waals surface area (Å²) in [6.45, 7) is 0. The van der Waals surface area contributed by atoms with Crippen molar-refractivity contribution in [1.29, 1.82) is 0 Å². The molecule has 2 saturated carbocycles. The number of carbonyl (C=O) groups excluding carboxylic acids is 2. The molecule has 1 aliphatic heterocycles. The first-order valence-electron chi connectivity index (χ1n) is 7.03. The van der Waals surface area contributed by atoms with E-state index in [1.807, 2.05) is 0 Å². The average Bonchev–Trinajstić information content (AvgIpc) is 2.48. The standard InChI is InChI=1S/C14H20O3/c15-13-11-7-3-1-5-9(11)10-6-2-4-8-12(10)14(16)17-13/h9-12H,1-8H2. The van der Waals surface area contributed by atoms with Gasteiger partial charge in [0.1, 0.15) is 0 Å². The molecule has 0 bridgehead atoms. The van der Waals surface area contributed by atoms with Crippen LogP contribution in [0, 0.1) is 23.7 Å². The predicted molar refractivity (Wildman–Crippen MR) is 62.0 cm³/mol. The van der Waals surface area contributed by atoms with Gasteiger partial charge in [-0.1, -0.05) is 25.7 Å². The SMILES string of the molecule is O=C1OC(=O)C2CCCCC2C2CCCCC12. The zero-order chi connectivity index (χ0) is 11.8. The fourth-order valence-electron chi connectivity index (χ4n) is 4.18. The van der Waals surface area contributed by atoms with Crippen LogP contribution in [-0.2, 0) is 14.3 Å². The Morgan fingerprint density at radius 2 is 1.12 bits per heavy atom. The van der Waals surface area contributed by atoms with Gasteiger partial charge in [0.2, 0.25) is 0 Å². The van der Waals surface area contributed by atoms with Crippen molar-refractivity contribution in [3.8, 4) is 0 Å². The normalized spacial score (nSPS) is 42.1. The highest BCUT2D eigenvalue weighted by molar-refractivity contribution is 5.89. The smallest absolute Gasteiger partial charge is 0.316 e. The molecule has 0 aromatic carbocycles. The molecule has 0 radical (unpaired) electrons. The number of fused-ring (bicyclic) bond motifs is 3. The van der Waals surface area contributed by atoms with Gasteiger partial charge < -0.3 is 4.74 Å². The second-order valence-corrected chi connectivity index (χ2v) is 5.85. The van der Waals surface area contributed by atoms with Crippen molar-refractivity contribution in [2.75, 3.05) is 0 Å². The van der Waals surface area contributed by atoms with E-state index in [0.29, 0.717) is 11.8 Å². The molecule has 94 valence electrons. The van der Waals surface area contributed by atoms with Crippen molar-refractivity contribution in [3.63, 3.8) is 0 Å². The van der Waals surface area contributed by atoms with E-state index >= 15 is 0 Å². The van der Waals surface area contributed by atoms with Crippen LogP contribution < -0.4 is 0 Å². The third-order valence-corrected chi connectivity index (χ3v) is 5.00. The second-order valence-electron chi connectivity index (χ2n) is 5.85. The summed E-state index contributed by atoms with van der Waals surface area (Å²) in [4.78, 5) is 23.9. The van der Waals surface area contributed by atoms with Crippen LogP contribution in [0.5, 0.6) is 0 Å². The molecular weight excluding hydrogens is 216 g/mol. The lowest BCUT2D eigenvalue weighted by atomic mass is 9.65. The molecule has 17 heavy (non-hydrogen) atoms. The first-order valence-corrected chi connectivity index (χ1v) is 7.03. The highest BCUT2D eigenvalue weighted by atomic mass is 16.6. The number of cyclic esters (lactones) is 2. The van der Waals surface area contributed by atoms with E-state index in [-0.39, 0.29) is 23.8 Å². The van der Waals surface area contributed by atoms with Gasteiger partial charge in [-0.25, -0.2) is 0 Å². The van der Waals surface area contributed by atoms with Crippen LogP contribution in [0.3, 0.4) is 0 Å². The number of hydrogen-bond donors (Lipinski definition) is 0. The molecule has 3 fully saturated rings. The summed E-state index contributed by atoms with van der Waals surface area (Å²) in [7, 11) is 0. The van der Waals surface area contributed by atoms with Gasteiger partial charge in [-0.05, 0) is 37.5 Å². The van der Waals surface area contributed by atoms with E-state index in [9.17, 15) is 9.59 Å². The van der Waals surface area contributed by atoms with E-state index in [4.69, 9.17) is 4.74 Å². The van der Waals surface area contributed by atoms with Crippen LogP contribution in [-0.4, -0.2) is 11.9 Å². The Hall–Kier alpha value is -0.860. The molecule has 2 aliphatic carbocycles. The highest BCUT2D eigenvalue weighted by Crippen LogP contribution is 2.46. The molecule has 3 heteroatoms. The Kier molecular flexibility index (Phi) is 2.93. The molecule has 3 nitrogen and oxygen atoms in total. The molecule has 0 N–H and O–H groups in total. The number of ether oxygens (including phenoxy) is 1. The van der Waals surface area contributed by atoms with Crippen molar-refractivity contribution in [3.05, 3.63) is 0 Å². The van der Waals surface area contributed by atoms with Gasteiger partial charge in [0.15, 0.2) is 0 Å². The van der Waals surface area contributed by atoms with E-state index in [1.54, 1.807) is 0 Å². The van der Waals surface area contributed by atoms with Crippen LogP contribution in [0.25, 0.3) is 0 Å². The summed E-state index contributed by atoms with van der Waals surface area (Å²) in [6, 6.07) is 0. The monoisotopic (exact) mass is 236 g/mol. The van der Waals surface area contributed by atoms with Crippen LogP contribution in [0.4, 0.5) is 0 Å². The van der Waals surface area contributed by atoms with E-state index < -0.39 is 0 Å². The summed E-state index contributed by atoms with van der Waals surface area (Å²) in [5.74, 6) is 0.422. The molecule has 3 aliphatic rings. The second kappa shape index (κ2) is 4.43.